The van der Waals surface area contributed by atoms with E-state index in [0.29, 0.717) is 22.6 Å². The molecule has 3 aromatic rings. The van der Waals surface area contributed by atoms with Crippen molar-refractivity contribution < 1.29 is 19.2 Å². The quantitative estimate of drug-likeness (QED) is 0.236. The maximum atomic E-state index is 12.5. The summed E-state index contributed by atoms with van der Waals surface area (Å²) in [5, 5.41) is 17.6. The number of nitro benzene ring substituents is 1. The lowest BCUT2D eigenvalue weighted by Gasteiger charge is -2.22. The number of hydrogen-bond acceptors (Lipinski definition) is 7. The van der Waals surface area contributed by atoms with Crippen LogP contribution in [0.1, 0.15) is 29.8 Å². The number of ether oxygens (including phenoxy) is 1. The van der Waals surface area contributed by atoms with Crippen LogP contribution in [0.15, 0.2) is 77.9 Å². The molecule has 0 aromatic heterocycles. The topological polar surface area (TPSA) is 126 Å². The molecule has 0 heterocycles. The number of hydrazone groups is 1. The number of benzene rings is 3. The predicted octanol–water partition coefficient (Wildman–Crippen LogP) is 4.22. The van der Waals surface area contributed by atoms with Crippen molar-refractivity contribution in [2.75, 3.05) is 29.9 Å². The Balaban J connectivity index is 1.73. The van der Waals surface area contributed by atoms with Gasteiger partial charge in [-0.05, 0) is 44.2 Å². The fourth-order valence-electron chi connectivity index (χ4n) is 3.39. The molecule has 0 aliphatic carbocycles. The summed E-state index contributed by atoms with van der Waals surface area (Å²) < 4.78 is 5.79. The van der Waals surface area contributed by atoms with E-state index in [1.54, 1.807) is 42.5 Å². The van der Waals surface area contributed by atoms with Gasteiger partial charge in [0.25, 0.3) is 17.5 Å². The Hall–Kier alpha value is -4.73. The van der Waals surface area contributed by atoms with E-state index in [4.69, 9.17) is 4.74 Å². The van der Waals surface area contributed by atoms with Crippen LogP contribution >= 0.6 is 0 Å². The lowest BCUT2D eigenvalue weighted by Crippen LogP contribution is -2.23. The van der Waals surface area contributed by atoms with Crippen LogP contribution in [0.4, 0.5) is 17.1 Å². The molecule has 0 unspecified atom stereocenters. The SMILES string of the molecule is CCN(CC)c1ccc(/C=N\NC(=O)c2ccccc2)c(OCC(=O)Nc2cccc([N+](=O)[O-])c2)c1. The maximum Gasteiger partial charge on any atom is 0.271 e. The maximum absolute atomic E-state index is 12.5. The molecule has 3 aromatic carbocycles. The van der Waals surface area contributed by atoms with Gasteiger partial charge in [-0.3, -0.25) is 19.7 Å². The molecule has 0 saturated carbocycles. The first kappa shape index (κ1) is 25.9. The number of nitrogens with zero attached hydrogens (tertiary/aromatic N) is 3. The Morgan fingerprint density at radius 3 is 2.47 bits per heavy atom. The van der Waals surface area contributed by atoms with Gasteiger partial charge in [-0.15, -0.1) is 0 Å². The zero-order chi connectivity index (χ0) is 25.9. The number of non-ortho nitro benzene ring substituents is 1. The third-order valence-corrected chi connectivity index (χ3v) is 5.23. The average molecular weight is 490 g/mol. The van der Waals surface area contributed by atoms with Crippen molar-refractivity contribution in [1.82, 2.24) is 5.43 Å². The van der Waals surface area contributed by atoms with Gasteiger partial charge in [0, 0.05) is 53.8 Å². The van der Waals surface area contributed by atoms with Crippen LogP contribution in [-0.2, 0) is 4.79 Å². The Kier molecular flexibility index (Phi) is 9.10. The zero-order valence-corrected chi connectivity index (χ0v) is 20.0. The number of nitro groups is 1. The van der Waals surface area contributed by atoms with Crippen molar-refractivity contribution in [3.05, 3.63) is 94.0 Å². The normalized spacial score (nSPS) is 10.6. The fourth-order valence-corrected chi connectivity index (χ4v) is 3.39. The molecule has 0 aliphatic heterocycles. The van der Waals surface area contributed by atoms with E-state index >= 15 is 0 Å². The zero-order valence-electron chi connectivity index (χ0n) is 20.0. The molecule has 36 heavy (non-hydrogen) atoms. The van der Waals surface area contributed by atoms with Crippen molar-refractivity contribution in [1.29, 1.82) is 0 Å². The first-order valence-electron chi connectivity index (χ1n) is 11.4. The summed E-state index contributed by atoms with van der Waals surface area (Å²) in [6, 6.07) is 19.8. The molecule has 3 rings (SSSR count). The number of rotatable bonds is 11. The van der Waals surface area contributed by atoms with Crippen LogP contribution < -0.4 is 20.4 Å². The van der Waals surface area contributed by atoms with E-state index in [1.807, 2.05) is 26.0 Å². The summed E-state index contributed by atoms with van der Waals surface area (Å²) in [6.45, 7) is 5.30. The third-order valence-electron chi connectivity index (χ3n) is 5.23. The molecule has 0 atom stereocenters. The highest BCUT2D eigenvalue weighted by atomic mass is 16.6. The Bertz CT molecular complexity index is 1240. The van der Waals surface area contributed by atoms with Gasteiger partial charge in [-0.1, -0.05) is 24.3 Å². The van der Waals surface area contributed by atoms with E-state index in [9.17, 15) is 19.7 Å². The molecular weight excluding hydrogens is 462 g/mol. The number of carbonyl (C=O) groups is 2. The summed E-state index contributed by atoms with van der Waals surface area (Å²) in [7, 11) is 0. The van der Waals surface area contributed by atoms with Crippen LogP contribution in [0.25, 0.3) is 0 Å². The monoisotopic (exact) mass is 489 g/mol. The van der Waals surface area contributed by atoms with Crippen molar-refractivity contribution in [3.63, 3.8) is 0 Å². The second-order valence-corrected chi connectivity index (χ2v) is 7.60. The largest absolute Gasteiger partial charge is 0.483 e. The minimum absolute atomic E-state index is 0.128. The molecule has 2 amide bonds. The molecule has 10 nitrogen and oxygen atoms in total. The van der Waals surface area contributed by atoms with Crippen LogP contribution in [0.2, 0.25) is 0 Å². The highest BCUT2D eigenvalue weighted by molar-refractivity contribution is 5.95. The molecule has 0 radical (unpaired) electrons. The Morgan fingerprint density at radius 1 is 1.03 bits per heavy atom. The van der Waals surface area contributed by atoms with Gasteiger partial charge in [-0.2, -0.15) is 5.10 Å². The standard InChI is InChI=1S/C26H27N5O5/c1-3-30(4-2)22-14-13-20(17-27-29-26(33)19-9-6-5-7-10-19)24(16-22)36-18-25(32)28-21-11-8-12-23(15-21)31(34)35/h5-17H,3-4,18H2,1-2H3,(H,28,32)(H,29,33)/b27-17-. The van der Waals surface area contributed by atoms with E-state index < -0.39 is 10.8 Å². The molecule has 0 bridgehead atoms. The summed E-state index contributed by atoms with van der Waals surface area (Å²) in [5.74, 6) is -0.444. The van der Waals surface area contributed by atoms with E-state index in [0.717, 1.165) is 18.8 Å². The minimum atomic E-state index is -0.535. The van der Waals surface area contributed by atoms with Crippen molar-refractivity contribution >= 4 is 35.1 Å². The van der Waals surface area contributed by atoms with Gasteiger partial charge < -0.3 is 15.0 Å². The number of anilines is 2. The van der Waals surface area contributed by atoms with Crippen LogP contribution in [0.5, 0.6) is 5.75 Å². The van der Waals surface area contributed by atoms with E-state index in [1.165, 1.54) is 24.4 Å². The van der Waals surface area contributed by atoms with Crippen molar-refractivity contribution in [3.8, 4) is 5.75 Å². The first-order chi connectivity index (χ1) is 17.4. The first-order valence-corrected chi connectivity index (χ1v) is 11.4. The van der Waals surface area contributed by atoms with Crippen LogP contribution in [0.3, 0.4) is 0 Å². The summed E-state index contributed by atoms with van der Waals surface area (Å²) in [5.41, 5.74) is 4.57. The average Bonchev–Trinajstić information content (AvgIpc) is 2.89. The number of carbonyl (C=O) groups excluding carboxylic acids is 2. The molecule has 0 aliphatic rings. The number of amides is 2. The number of hydrogen-bond donors (Lipinski definition) is 2. The Morgan fingerprint density at radius 2 is 1.78 bits per heavy atom. The number of nitrogens with one attached hydrogen (secondary N) is 2. The van der Waals surface area contributed by atoms with Crippen LogP contribution in [0, 0.1) is 10.1 Å². The second kappa shape index (κ2) is 12.7. The smallest absolute Gasteiger partial charge is 0.271 e. The third kappa shape index (κ3) is 7.13. The highest BCUT2D eigenvalue weighted by Gasteiger charge is 2.12. The van der Waals surface area contributed by atoms with Gasteiger partial charge in [0.2, 0.25) is 0 Å². The van der Waals surface area contributed by atoms with Gasteiger partial charge in [0.1, 0.15) is 5.75 Å². The summed E-state index contributed by atoms with van der Waals surface area (Å²) in [4.78, 5) is 37.2. The van der Waals surface area contributed by atoms with Crippen molar-refractivity contribution in [2.45, 2.75) is 13.8 Å². The molecule has 0 saturated heterocycles. The molecule has 10 heteroatoms. The van der Waals surface area contributed by atoms with Crippen LogP contribution in [-0.4, -0.2) is 42.6 Å². The van der Waals surface area contributed by atoms with E-state index in [-0.39, 0.29) is 18.2 Å². The lowest BCUT2D eigenvalue weighted by atomic mass is 10.1. The second-order valence-electron chi connectivity index (χ2n) is 7.60. The summed E-state index contributed by atoms with van der Waals surface area (Å²) in [6.07, 6.45) is 1.45. The lowest BCUT2D eigenvalue weighted by molar-refractivity contribution is -0.384. The predicted molar refractivity (Wildman–Crippen MR) is 139 cm³/mol. The molecule has 0 spiro atoms. The molecule has 186 valence electrons. The van der Waals surface area contributed by atoms with Gasteiger partial charge in [0.15, 0.2) is 6.61 Å². The van der Waals surface area contributed by atoms with Gasteiger partial charge in [-0.25, -0.2) is 5.43 Å². The fraction of sp³-hybridized carbons (Fsp3) is 0.192. The minimum Gasteiger partial charge on any atom is -0.483 e. The van der Waals surface area contributed by atoms with Gasteiger partial charge in [0.05, 0.1) is 11.1 Å². The highest BCUT2D eigenvalue weighted by Crippen LogP contribution is 2.25. The van der Waals surface area contributed by atoms with Gasteiger partial charge >= 0.3 is 0 Å². The van der Waals surface area contributed by atoms with Crippen molar-refractivity contribution in [2.24, 2.45) is 5.10 Å². The Labute approximate surface area is 208 Å². The molecule has 0 fully saturated rings. The molecular formula is C26H27N5O5. The van der Waals surface area contributed by atoms with E-state index in [2.05, 4.69) is 20.7 Å². The summed E-state index contributed by atoms with van der Waals surface area (Å²) >= 11 is 0. The molecule has 2 N–H and O–H groups in total.